The standard InChI is InChI=1S/C19H26N4O/c1-2-23-18(20-21-19(23)24)15-17-10-13-22(14-11-17)12-6-9-16-7-4-3-5-8-16/h3-9,17H,2,10-15H2,1H3,(H,21,24)/b9-6+. The summed E-state index contributed by atoms with van der Waals surface area (Å²) in [5.74, 6) is 1.53. The zero-order valence-corrected chi connectivity index (χ0v) is 14.3. The summed E-state index contributed by atoms with van der Waals surface area (Å²) < 4.78 is 1.75. The summed E-state index contributed by atoms with van der Waals surface area (Å²) in [4.78, 5) is 14.1. The molecule has 5 heteroatoms. The summed E-state index contributed by atoms with van der Waals surface area (Å²) >= 11 is 0. The van der Waals surface area contributed by atoms with Gasteiger partial charge in [-0.25, -0.2) is 9.89 Å². The number of rotatable bonds is 6. The van der Waals surface area contributed by atoms with Crippen molar-refractivity contribution >= 4 is 6.08 Å². The molecule has 0 radical (unpaired) electrons. The second-order valence-corrected chi connectivity index (χ2v) is 6.45. The minimum atomic E-state index is -0.0871. The molecule has 2 heterocycles. The Morgan fingerprint density at radius 1 is 1.25 bits per heavy atom. The molecule has 0 amide bonds. The Hall–Kier alpha value is -2.14. The second kappa shape index (κ2) is 8.11. The van der Waals surface area contributed by atoms with Gasteiger partial charge in [-0.05, 0) is 44.3 Å². The molecule has 1 N–H and O–H groups in total. The molecule has 2 aromatic rings. The van der Waals surface area contributed by atoms with E-state index in [0.29, 0.717) is 12.5 Å². The van der Waals surface area contributed by atoms with Crippen molar-refractivity contribution < 1.29 is 0 Å². The smallest absolute Gasteiger partial charge is 0.300 e. The van der Waals surface area contributed by atoms with Gasteiger partial charge in [0.1, 0.15) is 5.82 Å². The first-order valence-electron chi connectivity index (χ1n) is 8.84. The van der Waals surface area contributed by atoms with Crippen LogP contribution < -0.4 is 5.69 Å². The highest BCUT2D eigenvalue weighted by molar-refractivity contribution is 5.48. The van der Waals surface area contributed by atoms with Crippen LogP contribution in [0.4, 0.5) is 0 Å². The molecule has 1 saturated heterocycles. The molecule has 1 aromatic carbocycles. The van der Waals surface area contributed by atoms with Crippen molar-refractivity contribution in [3.05, 3.63) is 58.3 Å². The van der Waals surface area contributed by atoms with Gasteiger partial charge in [-0.3, -0.25) is 9.47 Å². The van der Waals surface area contributed by atoms with Gasteiger partial charge in [-0.1, -0.05) is 42.5 Å². The maximum Gasteiger partial charge on any atom is 0.343 e. The van der Waals surface area contributed by atoms with Crippen LogP contribution in [0.2, 0.25) is 0 Å². The van der Waals surface area contributed by atoms with Crippen LogP contribution in [0.5, 0.6) is 0 Å². The van der Waals surface area contributed by atoms with Crippen molar-refractivity contribution in [2.24, 2.45) is 5.92 Å². The largest absolute Gasteiger partial charge is 0.343 e. The Kier molecular flexibility index (Phi) is 5.64. The topological polar surface area (TPSA) is 53.9 Å². The van der Waals surface area contributed by atoms with Gasteiger partial charge in [0, 0.05) is 19.5 Å². The average molecular weight is 326 g/mol. The monoisotopic (exact) mass is 326 g/mol. The summed E-state index contributed by atoms with van der Waals surface area (Å²) in [5, 5.41) is 6.75. The fraction of sp³-hybridized carbons (Fsp3) is 0.474. The molecule has 0 spiro atoms. The highest BCUT2D eigenvalue weighted by Gasteiger charge is 2.21. The minimum Gasteiger partial charge on any atom is -0.300 e. The van der Waals surface area contributed by atoms with E-state index in [0.717, 1.165) is 31.9 Å². The number of piperidine rings is 1. The van der Waals surface area contributed by atoms with E-state index in [4.69, 9.17) is 0 Å². The summed E-state index contributed by atoms with van der Waals surface area (Å²) in [6.07, 6.45) is 7.68. The van der Waals surface area contributed by atoms with E-state index in [9.17, 15) is 4.79 Å². The van der Waals surface area contributed by atoms with Crippen LogP contribution in [0.25, 0.3) is 6.08 Å². The van der Waals surface area contributed by atoms with Crippen molar-refractivity contribution in [1.29, 1.82) is 0 Å². The van der Waals surface area contributed by atoms with Gasteiger partial charge < -0.3 is 0 Å². The Balaban J connectivity index is 1.46. The normalized spacial score (nSPS) is 16.9. The van der Waals surface area contributed by atoms with E-state index in [1.807, 2.05) is 13.0 Å². The number of likely N-dealkylation sites (tertiary alicyclic amines) is 1. The third-order valence-corrected chi connectivity index (χ3v) is 4.81. The molecule has 5 nitrogen and oxygen atoms in total. The summed E-state index contributed by atoms with van der Waals surface area (Å²) in [7, 11) is 0. The molecule has 3 rings (SSSR count). The maximum absolute atomic E-state index is 11.6. The van der Waals surface area contributed by atoms with Gasteiger partial charge >= 0.3 is 5.69 Å². The number of aromatic nitrogens is 3. The molecule has 1 aliphatic heterocycles. The number of hydrogen-bond acceptors (Lipinski definition) is 3. The first-order chi connectivity index (χ1) is 11.8. The quantitative estimate of drug-likeness (QED) is 0.887. The van der Waals surface area contributed by atoms with Crippen molar-refractivity contribution in [2.45, 2.75) is 32.7 Å². The van der Waals surface area contributed by atoms with Crippen LogP contribution in [-0.2, 0) is 13.0 Å². The van der Waals surface area contributed by atoms with Crippen molar-refractivity contribution in [2.75, 3.05) is 19.6 Å². The highest BCUT2D eigenvalue weighted by Crippen LogP contribution is 2.20. The van der Waals surface area contributed by atoms with E-state index in [-0.39, 0.29) is 5.69 Å². The molecular formula is C19H26N4O. The number of nitrogens with one attached hydrogen (secondary N) is 1. The predicted molar refractivity (Wildman–Crippen MR) is 96.9 cm³/mol. The number of hydrogen-bond donors (Lipinski definition) is 1. The first kappa shape index (κ1) is 16.7. The lowest BCUT2D eigenvalue weighted by molar-refractivity contribution is 0.198. The van der Waals surface area contributed by atoms with E-state index >= 15 is 0 Å². The first-order valence-corrected chi connectivity index (χ1v) is 8.84. The van der Waals surface area contributed by atoms with Crippen LogP contribution >= 0.6 is 0 Å². The lowest BCUT2D eigenvalue weighted by atomic mass is 9.93. The summed E-state index contributed by atoms with van der Waals surface area (Å²) in [6.45, 7) is 5.91. The van der Waals surface area contributed by atoms with Crippen LogP contribution in [0, 0.1) is 5.92 Å². The Morgan fingerprint density at radius 3 is 2.71 bits per heavy atom. The van der Waals surface area contributed by atoms with E-state index in [1.54, 1.807) is 4.57 Å². The molecule has 1 fully saturated rings. The molecule has 0 bridgehead atoms. The Labute approximate surface area is 143 Å². The van der Waals surface area contributed by atoms with Gasteiger partial charge in [-0.2, -0.15) is 5.10 Å². The predicted octanol–water partition coefficient (Wildman–Crippen LogP) is 2.56. The van der Waals surface area contributed by atoms with E-state index in [1.165, 1.54) is 18.4 Å². The van der Waals surface area contributed by atoms with E-state index in [2.05, 4.69) is 51.5 Å². The number of aromatic amines is 1. The van der Waals surface area contributed by atoms with E-state index < -0.39 is 0 Å². The van der Waals surface area contributed by atoms with Crippen LogP contribution in [-0.4, -0.2) is 39.3 Å². The fourth-order valence-electron chi connectivity index (χ4n) is 3.37. The van der Waals surface area contributed by atoms with Gasteiger partial charge in [-0.15, -0.1) is 0 Å². The van der Waals surface area contributed by atoms with Gasteiger partial charge in [0.05, 0.1) is 0 Å². The zero-order valence-electron chi connectivity index (χ0n) is 14.3. The fourth-order valence-corrected chi connectivity index (χ4v) is 3.37. The molecule has 0 atom stereocenters. The average Bonchev–Trinajstić information content (AvgIpc) is 2.97. The van der Waals surface area contributed by atoms with Gasteiger partial charge in [0.2, 0.25) is 0 Å². The lowest BCUT2D eigenvalue weighted by Crippen LogP contribution is -2.34. The molecule has 0 unspecified atom stereocenters. The van der Waals surface area contributed by atoms with Gasteiger partial charge in [0.15, 0.2) is 0 Å². The molecular weight excluding hydrogens is 300 g/mol. The molecule has 1 aromatic heterocycles. The Morgan fingerprint density at radius 2 is 2.00 bits per heavy atom. The SMILES string of the molecule is CCn1c(CC2CCN(C/C=C/c3ccccc3)CC2)n[nH]c1=O. The second-order valence-electron chi connectivity index (χ2n) is 6.45. The molecule has 24 heavy (non-hydrogen) atoms. The molecule has 128 valence electrons. The summed E-state index contributed by atoms with van der Waals surface area (Å²) in [6, 6.07) is 10.4. The highest BCUT2D eigenvalue weighted by atomic mass is 16.1. The molecule has 1 aliphatic rings. The molecule has 0 aliphatic carbocycles. The van der Waals surface area contributed by atoms with Gasteiger partial charge in [0.25, 0.3) is 0 Å². The van der Waals surface area contributed by atoms with Crippen LogP contribution in [0.15, 0.2) is 41.2 Å². The number of nitrogens with zero attached hydrogens (tertiary/aromatic N) is 3. The third-order valence-electron chi connectivity index (χ3n) is 4.81. The molecule has 0 saturated carbocycles. The van der Waals surface area contributed by atoms with Crippen LogP contribution in [0.1, 0.15) is 31.2 Å². The van der Waals surface area contributed by atoms with Crippen molar-refractivity contribution in [3.8, 4) is 0 Å². The van der Waals surface area contributed by atoms with Crippen LogP contribution in [0.3, 0.4) is 0 Å². The minimum absolute atomic E-state index is 0.0871. The zero-order chi connectivity index (χ0) is 16.8. The van der Waals surface area contributed by atoms with Crippen molar-refractivity contribution in [3.63, 3.8) is 0 Å². The summed E-state index contributed by atoms with van der Waals surface area (Å²) in [5.41, 5.74) is 1.17. The Bertz CT molecular complexity index is 708. The third kappa shape index (κ3) is 4.23. The maximum atomic E-state index is 11.6. The number of benzene rings is 1. The number of H-pyrrole nitrogens is 1. The van der Waals surface area contributed by atoms with Crippen molar-refractivity contribution in [1.82, 2.24) is 19.7 Å². The lowest BCUT2D eigenvalue weighted by Gasteiger charge is -2.30.